The number of thiophene rings is 1. The molecule has 80 valence electrons. The fourth-order valence-corrected chi connectivity index (χ4v) is 3.05. The molecule has 2 aromatic rings. The standard InChI is InChI=1S/C10H11ClN2S2/c1-5(2)7-4-6-8(11)12-10(14-3)13-9(6)15-7/h4-5H,1-3H3. The quantitative estimate of drug-likeness (QED) is 0.459. The molecular weight excluding hydrogens is 248 g/mol. The lowest BCUT2D eigenvalue weighted by atomic mass is 10.2. The fraction of sp³-hybridized carbons (Fsp3) is 0.400. The second kappa shape index (κ2) is 4.28. The summed E-state index contributed by atoms with van der Waals surface area (Å²) in [4.78, 5) is 11.0. The molecule has 0 N–H and O–H groups in total. The van der Waals surface area contributed by atoms with Gasteiger partial charge in [-0.25, -0.2) is 9.97 Å². The third kappa shape index (κ3) is 2.12. The van der Waals surface area contributed by atoms with Crippen LogP contribution < -0.4 is 0 Å². The first kappa shape index (κ1) is 11.2. The van der Waals surface area contributed by atoms with E-state index < -0.39 is 0 Å². The molecule has 0 aliphatic carbocycles. The molecule has 0 atom stereocenters. The lowest BCUT2D eigenvalue weighted by molar-refractivity contribution is 0.890. The van der Waals surface area contributed by atoms with Crippen molar-refractivity contribution < 1.29 is 0 Å². The largest absolute Gasteiger partial charge is 0.211 e. The minimum Gasteiger partial charge on any atom is -0.211 e. The summed E-state index contributed by atoms with van der Waals surface area (Å²) in [5.41, 5.74) is 0. The van der Waals surface area contributed by atoms with E-state index in [-0.39, 0.29) is 0 Å². The molecule has 0 aliphatic heterocycles. The van der Waals surface area contributed by atoms with Crippen LogP contribution >= 0.6 is 34.7 Å². The van der Waals surface area contributed by atoms with E-state index in [1.807, 2.05) is 6.26 Å². The molecule has 2 rings (SSSR count). The van der Waals surface area contributed by atoms with E-state index in [2.05, 4.69) is 29.9 Å². The van der Waals surface area contributed by atoms with Crippen LogP contribution in [0.3, 0.4) is 0 Å². The third-order valence-electron chi connectivity index (χ3n) is 2.10. The highest BCUT2D eigenvalue weighted by atomic mass is 35.5. The Morgan fingerprint density at radius 1 is 1.40 bits per heavy atom. The van der Waals surface area contributed by atoms with Gasteiger partial charge in [-0.05, 0) is 18.2 Å². The molecule has 0 aliphatic rings. The number of hydrogen-bond acceptors (Lipinski definition) is 4. The fourth-order valence-electron chi connectivity index (χ4n) is 1.26. The highest BCUT2D eigenvalue weighted by molar-refractivity contribution is 7.98. The van der Waals surface area contributed by atoms with Gasteiger partial charge >= 0.3 is 0 Å². The summed E-state index contributed by atoms with van der Waals surface area (Å²) >= 11 is 9.32. The van der Waals surface area contributed by atoms with Gasteiger partial charge in [0.25, 0.3) is 0 Å². The molecular formula is C10H11ClN2S2. The molecule has 0 bridgehead atoms. The second-order valence-electron chi connectivity index (χ2n) is 3.52. The Kier molecular flexibility index (Phi) is 3.19. The Balaban J connectivity index is 2.64. The molecule has 0 saturated heterocycles. The summed E-state index contributed by atoms with van der Waals surface area (Å²) in [5, 5.41) is 2.28. The first-order valence-corrected chi connectivity index (χ1v) is 7.04. The normalized spacial score (nSPS) is 11.5. The number of fused-ring (bicyclic) bond motifs is 1. The molecule has 0 saturated carbocycles. The Hall–Kier alpha value is -0.320. The van der Waals surface area contributed by atoms with Crippen LogP contribution in [0.1, 0.15) is 24.6 Å². The van der Waals surface area contributed by atoms with E-state index in [9.17, 15) is 0 Å². The summed E-state index contributed by atoms with van der Waals surface area (Å²) in [5.74, 6) is 0.512. The average molecular weight is 259 g/mol. The molecule has 0 unspecified atom stereocenters. The molecule has 0 radical (unpaired) electrons. The monoisotopic (exact) mass is 258 g/mol. The summed E-state index contributed by atoms with van der Waals surface area (Å²) in [6.45, 7) is 4.34. The van der Waals surface area contributed by atoms with E-state index in [1.54, 1.807) is 11.3 Å². The molecule has 2 aromatic heterocycles. The molecule has 0 amide bonds. The maximum Gasteiger partial charge on any atom is 0.190 e. The number of halogens is 1. The van der Waals surface area contributed by atoms with Gasteiger partial charge < -0.3 is 0 Å². The van der Waals surface area contributed by atoms with Gasteiger partial charge in [-0.3, -0.25) is 0 Å². The summed E-state index contributed by atoms with van der Waals surface area (Å²) < 4.78 is 0. The number of thioether (sulfide) groups is 1. The third-order valence-corrected chi connectivity index (χ3v) is 4.26. The van der Waals surface area contributed by atoms with Gasteiger partial charge in [0.15, 0.2) is 5.16 Å². The van der Waals surface area contributed by atoms with Gasteiger partial charge in [0.1, 0.15) is 9.98 Å². The molecule has 0 fully saturated rings. The van der Waals surface area contributed by atoms with Crippen molar-refractivity contribution in [3.63, 3.8) is 0 Å². The van der Waals surface area contributed by atoms with Crippen molar-refractivity contribution in [2.75, 3.05) is 6.26 Å². The van der Waals surface area contributed by atoms with E-state index in [4.69, 9.17) is 11.6 Å². The molecule has 5 heteroatoms. The first-order valence-electron chi connectivity index (χ1n) is 4.62. The zero-order valence-electron chi connectivity index (χ0n) is 8.74. The number of aromatic nitrogens is 2. The Morgan fingerprint density at radius 2 is 2.13 bits per heavy atom. The summed E-state index contributed by atoms with van der Waals surface area (Å²) in [6, 6.07) is 2.09. The SMILES string of the molecule is CSc1nc(Cl)c2cc(C(C)C)sc2n1. The highest BCUT2D eigenvalue weighted by Gasteiger charge is 2.11. The van der Waals surface area contributed by atoms with Gasteiger partial charge in [-0.15, -0.1) is 11.3 Å². The van der Waals surface area contributed by atoms with Crippen LogP contribution in [-0.2, 0) is 0 Å². The molecule has 2 nitrogen and oxygen atoms in total. The minimum absolute atomic E-state index is 0.512. The predicted molar refractivity (Wildman–Crippen MR) is 68.3 cm³/mol. The predicted octanol–water partition coefficient (Wildman–Crippen LogP) is 4.19. The van der Waals surface area contributed by atoms with E-state index in [0.717, 1.165) is 15.4 Å². The minimum atomic E-state index is 0.512. The Morgan fingerprint density at radius 3 is 2.73 bits per heavy atom. The van der Waals surface area contributed by atoms with Crippen LogP contribution in [-0.4, -0.2) is 16.2 Å². The smallest absolute Gasteiger partial charge is 0.190 e. The topological polar surface area (TPSA) is 25.8 Å². The first-order chi connectivity index (χ1) is 7.11. The van der Waals surface area contributed by atoms with Crippen LogP contribution in [0.4, 0.5) is 0 Å². The summed E-state index contributed by atoms with van der Waals surface area (Å²) in [6.07, 6.45) is 1.95. The average Bonchev–Trinajstić information content (AvgIpc) is 2.61. The van der Waals surface area contributed by atoms with Gasteiger partial charge in [-0.1, -0.05) is 37.2 Å². The number of hydrogen-bond donors (Lipinski definition) is 0. The van der Waals surface area contributed by atoms with Gasteiger partial charge in [0, 0.05) is 10.3 Å². The number of nitrogens with zero attached hydrogens (tertiary/aromatic N) is 2. The maximum atomic E-state index is 6.10. The van der Waals surface area contributed by atoms with Crippen molar-refractivity contribution in [2.24, 2.45) is 0 Å². The van der Waals surface area contributed by atoms with Crippen LogP contribution in [0.25, 0.3) is 10.2 Å². The van der Waals surface area contributed by atoms with Crippen LogP contribution in [0, 0.1) is 0 Å². The van der Waals surface area contributed by atoms with E-state index in [0.29, 0.717) is 11.1 Å². The van der Waals surface area contributed by atoms with Crippen molar-refractivity contribution in [1.29, 1.82) is 0 Å². The van der Waals surface area contributed by atoms with Gasteiger partial charge in [0.2, 0.25) is 0 Å². The van der Waals surface area contributed by atoms with E-state index in [1.165, 1.54) is 16.6 Å². The maximum absolute atomic E-state index is 6.10. The van der Waals surface area contributed by atoms with Crippen molar-refractivity contribution in [1.82, 2.24) is 9.97 Å². The van der Waals surface area contributed by atoms with Gasteiger partial charge in [-0.2, -0.15) is 0 Å². The Bertz CT molecular complexity index is 493. The van der Waals surface area contributed by atoms with Crippen LogP contribution in [0.2, 0.25) is 5.15 Å². The van der Waals surface area contributed by atoms with E-state index >= 15 is 0 Å². The number of rotatable bonds is 2. The lowest BCUT2D eigenvalue weighted by Gasteiger charge is -1.95. The van der Waals surface area contributed by atoms with Crippen molar-refractivity contribution in [2.45, 2.75) is 24.9 Å². The zero-order valence-corrected chi connectivity index (χ0v) is 11.1. The Labute approximate surface area is 102 Å². The second-order valence-corrected chi connectivity index (χ2v) is 5.72. The summed E-state index contributed by atoms with van der Waals surface area (Å²) in [7, 11) is 0. The molecule has 2 heterocycles. The van der Waals surface area contributed by atoms with Crippen molar-refractivity contribution in [3.8, 4) is 0 Å². The van der Waals surface area contributed by atoms with Crippen molar-refractivity contribution in [3.05, 3.63) is 16.1 Å². The molecule has 15 heavy (non-hydrogen) atoms. The molecule has 0 spiro atoms. The van der Waals surface area contributed by atoms with Crippen molar-refractivity contribution >= 4 is 44.9 Å². The highest BCUT2D eigenvalue weighted by Crippen LogP contribution is 2.33. The zero-order chi connectivity index (χ0) is 11.0. The lowest BCUT2D eigenvalue weighted by Crippen LogP contribution is -1.85. The van der Waals surface area contributed by atoms with Crippen LogP contribution in [0.5, 0.6) is 0 Å². The van der Waals surface area contributed by atoms with Crippen LogP contribution in [0.15, 0.2) is 11.2 Å². The van der Waals surface area contributed by atoms with Gasteiger partial charge in [0.05, 0.1) is 0 Å². The molecule has 0 aromatic carbocycles.